The van der Waals surface area contributed by atoms with Crippen molar-refractivity contribution in [2.75, 3.05) is 6.54 Å². The molecule has 1 amide bonds. The van der Waals surface area contributed by atoms with Crippen molar-refractivity contribution in [1.82, 2.24) is 4.90 Å². The lowest BCUT2D eigenvalue weighted by Gasteiger charge is -2.29. The van der Waals surface area contributed by atoms with Crippen LogP contribution < -0.4 is 5.73 Å². The molecule has 2 rings (SSSR count). The zero-order valence-corrected chi connectivity index (χ0v) is 13.3. The second-order valence-corrected chi connectivity index (χ2v) is 6.45. The van der Waals surface area contributed by atoms with E-state index in [1.807, 2.05) is 30.9 Å². The van der Waals surface area contributed by atoms with Gasteiger partial charge >= 0.3 is 0 Å². The van der Waals surface area contributed by atoms with Crippen LogP contribution in [-0.2, 0) is 4.79 Å². The first-order valence-corrected chi connectivity index (χ1v) is 7.68. The maximum Gasteiger partial charge on any atom is 0.240 e. The summed E-state index contributed by atoms with van der Waals surface area (Å²) < 4.78 is 0. The van der Waals surface area contributed by atoms with Crippen LogP contribution in [0.1, 0.15) is 38.3 Å². The number of likely N-dealkylation sites (tertiary alicyclic amines) is 1. The fourth-order valence-corrected chi connectivity index (χ4v) is 2.88. The van der Waals surface area contributed by atoms with Crippen LogP contribution in [0.4, 0.5) is 0 Å². The monoisotopic (exact) mass is 314 g/mol. The molecule has 1 aromatic rings. The van der Waals surface area contributed by atoms with Gasteiger partial charge in [-0.1, -0.05) is 43.1 Å². The Kier molecular flexibility index (Phi) is 4.95. The number of carbonyl (C=O) groups excluding carboxylic acids is 1. The van der Waals surface area contributed by atoms with Gasteiger partial charge in [0.25, 0.3) is 0 Å². The molecule has 1 aromatic carbocycles. The highest BCUT2D eigenvalue weighted by Crippen LogP contribution is 2.35. The van der Waals surface area contributed by atoms with Gasteiger partial charge in [-0.3, -0.25) is 4.79 Å². The third-order valence-corrected chi connectivity index (χ3v) is 4.61. The fourth-order valence-electron chi connectivity index (χ4n) is 2.57. The second kappa shape index (κ2) is 6.33. The molecule has 2 N–H and O–H groups in total. The second-order valence-electron chi connectivity index (χ2n) is 5.63. The van der Waals surface area contributed by atoms with Crippen LogP contribution in [0.2, 0.25) is 10.0 Å². The van der Waals surface area contributed by atoms with Gasteiger partial charge < -0.3 is 10.6 Å². The number of halogens is 2. The number of benzene rings is 1. The Balaban J connectivity index is 2.22. The van der Waals surface area contributed by atoms with E-state index in [4.69, 9.17) is 28.9 Å². The number of carbonyl (C=O) groups is 1. The largest absolute Gasteiger partial charge is 0.334 e. The van der Waals surface area contributed by atoms with E-state index < -0.39 is 6.04 Å². The first-order valence-electron chi connectivity index (χ1n) is 6.93. The average Bonchev–Trinajstić information content (AvgIpc) is 2.89. The summed E-state index contributed by atoms with van der Waals surface area (Å²) in [5, 5.41) is 1.06. The van der Waals surface area contributed by atoms with Crippen molar-refractivity contribution in [3.05, 3.63) is 33.8 Å². The lowest BCUT2D eigenvalue weighted by molar-refractivity contribution is -0.134. The minimum atomic E-state index is -0.446. The summed E-state index contributed by atoms with van der Waals surface area (Å²) in [5.74, 6) is 0.158. The number of rotatable bonds is 3. The quantitative estimate of drug-likeness (QED) is 0.925. The Morgan fingerprint density at radius 1 is 1.35 bits per heavy atom. The lowest BCUT2D eigenvalue weighted by atomic mass is 10.0. The number of nitrogens with zero attached hydrogens (tertiary/aromatic N) is 1. The van der Waals surface area contributed by atoms with Crippen molar-refractivity contribution >= 4 is 29.1 Å². The molecule has 0 radical (unpaired) electrons. The molecule has 2 unspecified atom stereocenters. The van der Waals surface area contributed by atoms with Gasteiger partial charge in [0.15, 0.2) is 0 Å². The highest BCUT2D eigenvalue weighted by atomic mass is 35.5. The molecule has 0 spiro atoms. The van der Waals surface area contributed by atoms with Gasteiger partial charge in [-0.25, -0.2) is 0 Å². The van der Waals surface area contributed by atoms with E-state index in [1.165, 1.54) is 0 Å². The zero-order chi connectivity index (χ0) is 14.9. The molecular weight excluding hydrogens is 295 g/mol. The Morgan fingerprint density at radius 2 is 2.05 bits per heavy atom. The number of hydrogen-bond donors (Lipinski definition) is 1. The summed E-state index contributed by atoms with van der Waals surface area (Å²) in [6.45, 7) is 4.68. The highest BCUT2D eigenvalue weighted by molar-refractivity contribution is 6.42. The maximum absolute atomic E-state index is 12.5. The Bertz CT molecular complexity index is 505. The molecule has 1 fully saturated rings. The Hall–Kier alpha value is -0.770. The molecule has 0 aliphatic carbocycles. The minimum absolute atomic E-state index is 0.0218. The van der Waals surface area contributed by atoms with Crippen LogP contribution in [0.15, 0.2) is 18.2 Å². The van der Waals surface area contributed by atoms with Crippen molar-refractivity contribution in [1.29, 1.82) is 0 Å². The standard InChI is InChI=1S/C15H20Cl2N2O/c1-9(2)14(18)15(20)19-7-3-4-13(19)10-5-6-11(16)12(17)8-10/h5-6,8-9,13-14H,3-4,7,18H2,1-2H3. The molecule has 0 aromatic heterocycles. The van der Waals surface area contributed by atoms with Crippen LogP contribution in [0.3, 0.4) is 0 Å². The molecule has 110 valence electrons. The van der Waals surface area contributed by atoms with Gasteiger partial charge in [-0.15, -0.1) is 0 Å². The van der Waals surface area contributed by atoms with Gasteiger partial charge in [0.2, 0.25) is 5.91 Å². The first kappa shape index (κ1) is 15.6. The molecule has 2 atom stereocenters. The van der Waals surface area contributed by atoms with Crippen LogP contribution in [0.25, 0.3) is 0 Å². The summed E-state index contributed by atoms with van der Waals surface area (Å²) in [5.41, 5.74) is 7.02. The van der Waals surface area contributed by atoms with Gasteiger partial charge in [-0.2, -0.15) is 0 Å². The topological polar surface area (TPSA) is 46.3 Å². The van der Waals surface area contributed by atoms with Gasteiger partial charge in [0.05, 0.1) is 22.1 Å². The smallest absolute Gasteiger partial charge is 0.240 e. The van der Waals surface area contributed by atoms with Crippen molar-refractivity contribution in [3.8, 4) is 0 Å². The van der Waals surface area contributed by atoms with Gasteiger partial charge in [0, 0.05) is 6.54 Å². The molecule has 3 nitrogen and oxygen atoms in total. The van der Waals surface area contributed by atoms with E-state index in [-0.39, 0.29) is 17.9 Å². The third kappa shape index (κ3) is 3.11. The predicted molar refractivity (Wildman–Crippen MR) is 83.0 cm³/mol. The normalized spacial score (nSPS) is 20.5. The maximum atomic E-state index is 12.5. The Morgan fingerprint density at radius 3 is 2.65 bits per heavy atom. The van der Waals surface area contributed by atoms with Crippen LogP contribution >= 0.6 is 23.2 Å². The molecule has 1 heterocycles. The molecule has 0 saturated carbocycles. The SMILES string of the molecule is CC(C)C(N)C(=O)N1CCCC1c1ccc(Cl)c(Cl)c1. The number of nitrogens with two attached hydrogens (primary N) is 1. The first-order chi connectivity index (χ1) is 9.41. The van der Waals surface area contributed by atoms with E-state index in [2.05, 4.69) is 0 Å². The summed E-state index contributed by atoms with van der Waals surface area (Å²) >= 11 is 12.0. The molecule has 20 heavy (non-hydrogen) atoms. The van der Waals surface area contributed by atoms with Gasteiger partial charge in [0.1, 0.15) is 0 Å². The highest BCUT2D eigenvalue weighted by Gasteiger charge is 2.33. The number of amides is 1. The van der Waals surface area contributed by atoms with Gasteiger partial charge in [-0.05, 0) is 36.5 Å². The summed E-state index contributed by atoms with van der Waals surface area (Å²) in [4.78, 5) is 14.3. The van der Waals surface area contributed by atoms with Crippen LogP contribution in [0.5, 0.6) is 0 Å². The zero-order valence-electron chi connectivity index (χ0n) is 11.8. The molecule has 1 saturated heterocycles. The predicted octanol–water partition coefficient (Wildman–Crippen LogP) is 3.64. The van der Waals surface area contributed by atoms with E-state index >= 15 is 0 Å². The Labute approximate surface area is 130 Å². The molecule has 1 aliphatic rings. The van der Waals surface area contributed by atoms with E-state index in [1.54, 1.807) is 6.07 Å². The third-order valence-electron chi connectivity index (χ3n) is 3.87. The van der Waals surface area contributed by atoms with E-state index in [0.29, 0.717) is 10.0 Å². The van der Waals surface area contributed by atoms with Crippen LogP contribution in [-0.4, -0.2) is 23.4 Å². The number of hydrogen-bond acceptors (Lipinski definition) is 2. The van der Waals surface area contributed by atoms with Crippen molar-refractivity contribution < 1.29 is 4.79 Å². The van der Waals surface area contributed by atoms with Crippen molar-refractivity contribution in [2.45, 2.75) is 38.8 Å². The van der Waals surface area contributed by atoms with E-state index in [0.717, 1.165) is 24.9 Å². The van der Waals surface area contributed by atoms with E-state index in [9.17, 15) is 4.79 Å². The average molecular weight is 315 g/mol. The molecule has 5 heteroatoms. The fraction of sp³-hybridized carbons (Fsp3) is 0.533. The van der Waals surface area contributed by atoms with Crippen molar-refractivity contribution in [3.63, 3.8) is 0 Å². The summed E-state index contributed by atoms with van der Waals surface area (Å²) in [7, 11) is 0. The molecule has 1 aliphatic heterocycles. The summed E-state index contributed by atoms with van der Waals surface area (Å²) in [6, 6.07) is 5.18. The minimum Gasteiger partial charge on any atom is -0.334 e. The summed E-state index contributed by atoms with van der Waals surface area (Å²) in [6.07, 6.45) is 1.93. The van der Waals surface area contributed by atoms with Crippen molar-refractivity contribution in [2.24, 2.45) is 11.7 Å². The molecular formula is C15H20Cl2N2O. The molecule has 0 bridgehead atoms. The van der Waals surface area contributed by atoms with Crippen LogP contribution in [0, 0.1) is 5.92 Å². The lowest BCUT2D eigenvalue weighted by Crippen LogP contribution is -2.46.